The first kappa shape index (κ1) is 15.7. The average molecular weight is 336 g/mol. The van der Waals surface area contributed by atoms with Gasteiger partial charge in [0.2, 0.25) is 0 Å². The second-order valence-electron chi connectivity index (χ2n) is 7.16. The van der Waals surface area contributed by atoms with Crippen LogP contribution in [0.15, 0.2) is 42.5 Å². The molecule has 2 aromatic carbocycles. The molecule has 25 heavy (non-hydrogen) atoms. The molecule has 0 fully saturated rings. The summed E-state index contributed by atoms with van der Waals surface area (Å²) in [5.74, 6) is 0.746. The van der Waals surface area contributed by atoms with Gasteiger partial charge in [0.25, 0.3) is 0 Å². The number of fused-ring (bicyclic) bond motifs is 5. The fraction of sp³-hybridized carbons (Fsp3) is 0.300. The van der Waals surface area contributed by atoms with E-state index in [1.807, 2.05) is 43.3 Å². The maximum atomic E-state index is 13.4. The molecule has 5 nitrogen and oxygen atoms in total. The smallest absolute Gasteiger partial charge is 0.313 e. The minimum Gasteiger partial charge on any atom is -0.479 e. The van der Waals surface area contributed by atoms with Crippen LogP contribution >= 0.6 is 0 Å². The third kappa shape index (κ3) is 1.78. The standard InChI is InChI=1S/C20H20N2O3/c1-11(2)12-8-9-15-16(10-12)25-19(3)14-7-5-4-6-13(14)17(23)20(15,19)22-18(21)24/h4-11H,1-3H3,(H3,21,22,24). The number of nitrogens with one attached hydrogen (secondary N) is 1. The molecule has 0 saturated heterocycles. The van der Waals surface area contributed by atoms with Crippen molar-refractivity contribution < 1.29 is 14.3 Å². The monoisotopic (exact) mass is 336 g/mol. The van der Waals surface area contributed by atoms with Crippen molar-refractivity contribution in [2.75, 3.05) is 0 Å². The van der Waals surface area contributed by atoms with Crippen LogP contribution in [0.25, 0.3) is 0 Å². The van der Waals surface area contributed by atoms with Crippen LogP contribution in [0.1, 0.15) is 53.7 Å². The number of carbonyl (C=O) groups excluding carboxylic acids is 2. The molecular weight excluding hydrogens is 316 g/mol. The third-order valence-electron chi connectivity index (χ3n) is 5.44. The van der Waals surface area contributed by atoms with Gasteiger partial charge in [0.15, 0.2) is 16.9 Å². The number of ketones is 1. The summed E-state index contributed by atoms with van der Waals surface area (Å²) in [6, 6.07) is 12.3. The SMILES string of the molecule is CC(C)c1ccc2c(c1)OC1(C)c3ccccc3C(=O)C21NC(N)=O. The zero-order valence-electron chi connectivity index (χ0n) is 14.4. The van der Waals surface area contributed by atoms with Crippen molar-refractivity contribution in [3.8, 4) is 5.75 Å². The molecule has 2 atom stereocenters. The molecule has 2 aliphatic rings. The van der Waals surface area contributed by atoms with Crippen molar-refractivity contribution in [3.63, 3.8) is 0 Å². The average Bonchev–Trinajstić information content (AvgIpc) is 2.92. The van der Waals surface area contributed by atoms with Crippen LogP contribution < -0.4 is 15.8 Å². The summed E-state index contributed by atoms with van der Waals surface area (Å²) in [4.78, 5) is 25.2. The van der Waals surface area contributed by atoms with E-state index in [4.69, 9.17) is 10.5 Å². The predicted octanol–water partition coefficient (Wildman–Crippen LogP) is 3.18. The molecule has 0 spiro atoms. The highest BCUT2D eigenvalue weighted by Gasteiger charge is 2.69. The van der Waals surface area contributed by atoms with E-state index in [0.717, 1.165) is 11.1 Å². The predicted molar refractivity (Wildman–Crippen MR) is 93.7 cm³/mol. The Kier molecular flexibility index (Phi) is 3.04. The highest BCUT2D eigenvalue weighted by atomic mass is 16.5. The van der Waals surface area contributed by atoms with Crippen molar-refractivity contribution in [2.45, 2.75) is 37.8 Å². The third-order valence-corrected chi connectivity index (χ3v) is 5.44. The molecule has 1 aliphatic carbocycles. The zero-order chi connectivity index (χ0) is 18.0. The van der Waals surface area contributed by atoms with E-state index in [1.165, 1.54) is 0 Å². The van der Waals surface area contributed by atoms with E-state index in [2.05, 4.69) is 19.2 Å². The second-order valence-corrected chi connectivity index (χ2v) is 7.16. The van der Waals surface area contributed by atoms with E-state index in [-0.39, 0.29) is 5.78 Å². The van der Waals surface area contributed by atoms with Gasteiger partial charge in [0.05, 0.1) is 0 Å². The highest BCUT2D eigenvalue weighted by Crippen LogP contribution is 2.59. The van der Waals surface area contributed by atoms with Gasteiger partial charge in [0.1, 0.15) is 5.75 Å². The zero-order valence-corrected chi connectivity index (χ0v) is 14.4. The second kappa shape index (κ2) is 4.85. The van der Waals surface area contributed by atoms with Crippen LogP contribution in [0.4, 0.5) is 4.79 Å². The summed E-state index contributed by atoms with van der Waals surface area (Å²) in [5, 5.41) is 2.72. The number of hydrogen-bond donors (Lipinski definition) is 2. The Morgan fingerprint density at radius 1 is 1.16 bits per heavy atom. The van der Waals surface area contributed by atoms with Gasteiger partial charge in [-0.15, -0.1) is 0 Å². The molecule has 1 aliphatic heterocycles. The lowest BCUT2D eigenvalue weighted by Crippen LogP contribution is -2.60. The molecule has 0 radical (unpaired) electrons. The number of carbonyl (C=O) groups is 2. The van der Waals surface area contributed by atoms with Gasteiger partial charge in [-0.3, -0.25) is 4.79 Å². The Hall–Kier alpha value is -2.82. The van der Waals surface area contributed by atoms with Crippen molar-refractivity contribution in [3.05, 3.63) is 64.7 Å². The van der Waals surface area contributed by atoms with Crippen LogP contribution in [0.5, 0.6) is 5.75 Å². The number of Topliss-reactive ketones (excluding diaryl/α,β-unsaturated/α-hetero) is 1. The van der Waals surface area contributed by atoms with Gasteiger partial charge in [0, 0.05) is 16.7 Å². The number of benzene rings is 2. The van der Waals surface area contributed by atoms with Crippen LogP contribution in [0.3, 0.4) is 0 Å². The summed E-state index contributed by atoms with van der Waals surface area (Å²) in [6.45, 7) is 6.02. The van der Waals surface area contributed by atoms with Crippen LogP contribution in [-0.2, 0) is 11.1 Å². The minimum absolute atomic E-state index is 0.194. The van der Waals surface area contributed by atoms with Gasteiger partial charge in [-0.05, 0) is 24.5 Å². The molecular formula is C20H20N2O3. The molecule has 2 amide bonds. The largest absolute Gasteiger partial charge is 0.479 e. The van der Waals surface area contributed by atoms with Gasteiger partial charge >= 0.3 is 6.03 Å². The number of nitrogens with two attached hydrogens (primary N) is 1. The Bertz CT molecular complexity index is 921. The van der Waals surface area contributed by atoms with E-state index in [9.17, 15) is 9.59 Å². The minimum atomic E-state index is -1.34. The van der Waals surface area contributed by atoms with E-state index in [0.29, 0.717) is 22.8 Å². The van der Waals surface area contributed by atoms with E-state index >= 15 is 0 Å². The molecule has 3 N–H and O–H groups in total. The van der Waals surface area contributed by atoms with Gasteiger partial charge in [-0.25, -0.2) is 4.79 Å². The van der Waals surface area contributed by atoms with Gasteiger partial charge in [-0.2, -0.15) is 0 Å². The summed E-state index contributed by atoms with van der Waals surface area (Å²) in [5.41, 5.74) is 6.16. The maximum absolute atomic E-state index is 13.4. The van der Waals surface area contributed by atoms with Crippen molar-refractivity contribution in [2.24, 2.45) is 5.73 Å². The van der Waals surface area contributed by atoms with Crippen LogP contribution in [0.2, 0.25) is 0 Å². The lowest BCUT2D eigenvalue weighted by atomic mass is 9.77. The topological polar surface area (TPSA) is 81.4 Å². The summed E-state index contributed by atoms with van der Waals surface area (Å²) in [7, 11) is 0. The number of amides is 2. The van der Waals surface area contributed by atoms with E-state index in [1.54, 1.807) is 6.07 Å². The van der Waals surface area contributed by atoms with E-state index < -0.39 is 17.2 Å². The van der Waals surface area contributed by atoms with Crippen molar-refractivity contribution >= 4 is 11.8 Å². The number of ether oxygens (including phenoxy) is 1. The van der Waals surface area contributed by atoms with Crippen LogP contribution in [0, 0.1) is 0 Å². The molecule has 0 aromatic heterocycles. The molecule has 0 bridgehead atoms. The lowest BCUT2D eigenvalue weighted by molar-refractivity contribution is 0.0304. The highest BCUT2D eigenvalue weighted by molar-refractivity contribution is 6.12. The molecule has 128 valence electrons. The Labute approximate surface area is 146 Å². The number of primary amides is 1. The molecule has 2 aromatic rings. The molecule has 5 heteroatoms. The normalized spacial score (nSPS) is 26.0. The molecule has 0 saturated carbocycles. The maximum Gasteiger partial charge on any atom is 0.313 e. The van der Waals surface area contributed by atoms with Gasteiger partial charge < -0.3 is 15.8 Å². The quantitative estimate of drug-likeness (QED) is 0.884. The molecule has 2 unspecified atom stereocenters. The Balaban J connectivity index is 2.01. The first-order chi connectivity index (χ1) is 11.8. The van der Waals surface area contributed by atoms with Crippen molar-refractivity contribution in [1.29, 1.82) is 0 Å². The van der Waals surface area contributed by atoms with Gasteiger partial charge in [-0.1, -0.05) is 50.2 Å². The van der Waals surface area contributed by atoms with Crippen LogP contribution in [-0.4, -0.2) is 11.8 Å². The first-order valence-corrected chi connectivity index (χ1v) is 8.36. The first-order valence-electron chi connectivity index (χ1n) is 8.36. The number of urea groups is 1. The fourth-order valence-electron chi connectivity index (χ4n) is 4.17. The molecule has 4 rings (SSSR count). The molecule has 1 heterocycles. The summed E-state index contributed by atoms with van der Waals surface area (Å²) < 4.78 is 6.32. The fourth-order valence-corrected chi connectivity index (χ4v) is 4.17. The summed E-state index contributed by atoms with van der Waals surface area (Å²) in [6.07, 6.45) is 0. The summed E-state index contributed by atoms with van der Waals surface area (Å²) >= 11 is 0. The Morgan fingerprint density at radius 2 is 1.88 bits per heavy atom. The lowest BCUT2D eigenvalue weighted by Gasteiger charge is -2.35. The Morgan fingerprint density at radius 3 is 2.56 bits per heavy atom. The number of rotatable bonds is 2. The van der Waals surface area contributed by atoms with Crippen molar-refractivity contribution in [1.82, 2.24) is 5.32 Å². The number of hydrogen-bond acceptors (Lipinski definition) is 3.